The van der Waals surface area contributed by atoms with Crippen molar-refractivity contribution in [3.8, 4) is 0 Å². The van der Waals surface area contributed by atoms with Gasteiger partial charge in [0, 0.05) is 12.2 Å². The smallest absolute Gasteiger partial charge is 0.139 e. The highest BCUT2D eigenvalue weighted by Crippen LogP contribution is 2.29. The first-order valence-electron chi connectivity index (χ1n) is 4.94. The number of nitrogens with one attached hydrogen (secondary N) is 1. The van der Waals surface area contributed by atoms with Crippen LogP contribution < -0.4 is 11.3 Å². The van der Waals surface area contributed by atoms with Crippen molar-refractivity contribution in [2.75, 3.05) is 19.0 Å². The summed E-state index contributed by atoms with van der Waals surface area (Å²) in [5.74, 6) is 5.97. The molecule has 0 radical (unpaired) electrons. The van der Waals surface area contributed by atoms with Crippen molar-refractivity contribution in [2.24, 2.45) is 5.84 Å². The van der Waals surface area contributed by atoms with Crippen LogP contribution in [0.2, 0.25) is 0 Å². The summed E-state index contributed by atoms with van der Waals surface area (Å²) in [6.45, 7) is 1.18. The monoisotopic (exact) mass is 192 g/mol. The maximum absolute atomic E-state index is 5.26. The number of nitrogens with two attached hydrogens (primary N) is 1. The van der Waals surface area contributed by atoms with Gasteiger partial charge >= 0.3 is 0 Å². The van der Waals surface area contributed by atoms with Gasteiger partial charge in [0.25, 0.3) is 0 Å². The van der Waals surface area contributed by atoms with Gasteiger partial charge in [-0.15, -0.1) is 0 Å². The Morgan fingerprint density at radius 1 is 1.57 bits per heavy atom. The number of hydrogen-bond donors (Lipinski definition) is 2. The van der Waals surface area contributed by atoms with E-state index in [1.54, 1.807) is 0 Å². The molecule has 0 aliphatic carbocycles. The first-order chi connectivity index (χ1) is 6.81. The van der Waals surface area contributed by atoms with Crippen molar-refractivity contribution in [1.82, 2.24) is 9.88 Å². The predicted octanol–water partition coefficient (Wildman–Crippen LogP) is 1.13. The number of likely N-dealkylation sites (tertiary alicyclic amines) is 1. The summed E-state index contributed by atoms with van der Waals surface area (Å²) in [5.41, 5.74) is 3.81. The van der Waals surface area contributed by atoms with E-state index in [2.05, 4.69) is 28.4 Å². The van der Waals surface area contributed by atoms with Crippen LogP contribution in [-0.2, 0) is 0 Å². The molecule has 76 valence electrons. The lowest BCUT2D eigenvalue weighted by Gasteiger charge is -2.19. The molecule has 0 amide bonds. The summed E-state index contributed by atoms with van der Waals surface area (Å²) in [6.07, 6.45) is 4.41. The van der Waals surface area contributed by atoms with Gasteiger partial charge in [0.05, 0.1) is 0 Å². The molecule has 0 aromatic carbocycles. The number of anilines is 1. The van der Waals surface area contributed by atoms with Crippen LogP contribution in [0.25, 0.3) is 0 Å². The molecule has 1 saturated heterocycles. The first-order valence-corrected chi connectivity index (χ1v) is 4.94. The standard InChI is InChI=1S/C10H16N4/c1-14-6-2-3-9(14)8-4-5-10(13-11)12-7-8/h4-5,7,9H,2-3,6,11H2,1H3,(H,12,13)/t9-/m0/s1. The normalized spacial score (nSPS) is 22.6. The summed E-state index contributed by atoms with van der Waals surface area (Å²) in [4.78, 5) is 6.58. The molecule has 3 N–H and O–H groups in total. The summed E-state index contributed by atoms with van der Waals surface area (Å²) >= 11 is 0. The minimum Gasteiger partial charge on any atom is -0.308 e. The average molecular weight is 192 g/mol. The summed E-state index contributed by atoms with van der Waals surface area (Å²) in [6, 6.07) is 4.55. The van der Waals surface area contributed by atoms with E-state index in [-0.39, 0.29) is 0 Å². The van der Waals surface area contributed by atoms with Crippen molar-refractivity contribution in [2.45, 2.75) is 18.9 Å². The summed E-state index contributed by atoms with van der Waals surface area (Å²) < 4.78 is 0. The molecule has 0 spiro atoms. The molecule has 4 heteroatoms. The van der Waals surface area contributed by atoms with Crippen LogP contribution >= 0.6 is 0 Å². The zero-order chi connectivity index (χ0) is 9.97. The third-order valence-electron chi connectivity index (χ3n) is 2.84. The topological polar surface area (TPSA) is 54.2 Å². The highest BCUT2D eigenvalue weighted by molar-refractivity contribution is 5.34. The van der Waals surface area contributed by atoms with E-state index < -0.39 is 0 Å². The maximum Gasteiger partial charge on any atom is 0.139 e. The van der Waals surface area contributed by atoms with Gasteiger partial charge in [-0.3, -0.25) is 4.90 Å². The highest BCUT2D eigenvalue weighted by Gasteiger charge is 2.22. The van der Waals surface area contributed by atoms with Gasteiger partial charge in [-0.05, 0) is 38.1 Å². The van der Waals surface area contributed by atoms with Gasteiger partial charge in [-0.1, -0.05) is 6.07 Å². The fourth-order valence-corrected chi connectivity index (χ4v) is 2.02. The quantitative estimate of drug-likeness (QED) is 0.545. The maximum atomic E-state index is 5.26. The molecule has 2 heterocycles. The molecule has 1 atom stereocenters. The van der Waals surface area contributed by atoms with Crippen molar-refractivity contribution in [3.63, 3.8) is 0 Å². The van der Waals surface area contributed by atoms with Crippen LogP contribution in [0.4, 0.5) is 5.82 Å². The van der Waals surface area contributed by atoms with Crippen molar-refractivity contribution < 1.29 is 0 Å². The van der Waals surface area contributed by atoms with Gasteiger partial charge in [0.1, 0.15) is 5.82 Å². The van der Waals surface area contributed by atoms with Crippen LogP contribution in [0, 0.1) is 0 Å². The lowest BCUT2D eigenvalue weighted by Crippen LogP contribution is -2.17. The minimum absolute atomic E-state index is 0.536. The van der Waals surface area contributed by atoms with E-state index in [1.807, 2.05) is 12.3 Å². The first kappa shape index (κ1) is 9.43. The van der Waals surface area contributed by atoms with Gasteiger partial charge in [0.2, 0.25) is 0 Å². The molecule has 4 nitrogen and oxygen atoms in total. The van der Waals surface area contributed by atoms with Crippen LogP contribution in [0.3, 0.4) is 0 Å². The van der Waals surface area contributed by atoms with Gasteiger partial charge in [-0.25, -0.2) is 10.8 Å². The number of nitrogen functional groups attached to an aromatic ring is 1. The molecule has 0 unspecified atom stereocenters. The fourth-order valence-electron chi connectivity index (χ4n) is 2.02. The van der Waals surface area contributed by atoms with Crippen molar-refractivity contribution in [3.05, 3.63) is 23.9 Å². The Morgan fingerprint density at radius 2 is 2.43 bits per heavy atom. The average Bonchev–Trinajstić information content (AvgIpc) is 2.65. The number of rotatable bonds is 2. The SMILES string of the molecule is CN1CCC[C@H]1c1ccc(NN)nc1. The lowest BCUT2D eigenvalue weighted by molar-refractivity contribution is 0.317. The molecule has 2 rings (SSSR count). The van der Waals surface area contributed by atoms with Gasteiger partial charge in [-0.2, -0.15) is 0 Å². The van der Waals surface area contributed by atoms with Crippen LogP contribution in [0.1, 0.15) is 24.4 Å². The molecule has 1 aromatic rings. The highest BCUT2D eigenvalue weighted by atomic mass is 15.2. The zero-order valence-corrected chi connectivity index (χ0v) is 8.40. The van der Waals surface area contributed by atoms with Crippen molar-refractivity contribution in [1.29, 1.82) is 0 Å². The number of aromatic nitrogens is 1. The molecule has 1 aliphatic rings. The number of pyridine rings is 1. The van der Waals surface area contributed by atoms with Gasteiger partial charge < -0.3 is 5.43 Å². The van der Waals surface area contributed by atoms with E-state index in [9.17, 15) is 0 Å². The molecule has 14 heavy (non-hydrogen) atoms. The van der Waals surface area contributed by atoms with Crippen LogP contribution in [0.5, 0.6) is 0 Å². The third kappa shape index (κ3) is 1.71. The molecule has 1 fully saturated rings. The second-order valence-electron chi connectivity index (χ2n) is 3.76. The second-order valence-corrected chi connectivity index (χ2v) is 3.76. The van der Waals surface area contributed by atoms with Crippen LogP contribution in [-0.4, -0.2) is 23.5 Å². The van der Waals surface area contributed by atoms with E-state index >= 15 is 0 Å². The third-order valence-corrected chi connectivity index (χ3v) is 2.84. The Labute approximate surface area is 84.1 Å². The molecule has 1 aromatic heterocycles. The molecule has 0 bridgehead atoms. The van der Waals surface area contributed by atoms with E-state index in [0.717, 1.165) is 5.82 Å². The summed E-state index contributed by atoms with van der Waals surface area (Å²) in [5, 5.41) is 0. The molecule has 1 aliphatic heterocycles. The second kappa shape index (κ2) is 3.94. The Kier molecular flexibility index (Phi) is 2.65. The predicted molar refractivity (Wildman–Crippen MR) is 56.7 cm³/mol. The minimum atomic E-state index is 0.536. The van der Waals surface area contributed by atoms with E-state index in [1.165, 1.54) is 24.9 Å². The summed E-state index contributed by atoms with van der Waals surface area (Å²) in [7, 11) is 2.16. The van der Waals surface area contributed by atoms with Crippen molar-refractivity contribution >= 4 is 5.82 Å². The zero-order valence-electron chi connectivity index (χ0n) is 8.40. The van der Waals surface area contributed by atoms with E-state index in [0.29, 0.717) is 6.04 Å². The Morgan fingerprint density at radius 3 is 2.93 bits per heavy atom. The van der Waals surface area contributed by atoms with Crippen LogP contribution in [0.15, 0.2) is 18.3 Å². The number of nitrogens with zero attached hydrogens (tertiary/aromatic N) is 2. The molecular formula is C10H16N4. The Balaban J connectivity index is 2.16. The molecule has 0 saturated carbocycles. The lowest BCUT2D eigenvalue weighted by atomic mass is 10.1. The van der Waals surface area contributed by atoms with E-state index in [4.69, 9.17) is 5.84 Å². The Bertz CT molecular complexity index is 295. The van der Waals surface area contributed by atoms with Gasteiger partial charge in [0.15, 0.2) is 0 Å². The fraction of sp³-hybridized carbons (Fsp3) is 0.500. The number of hydrogen-bond acceptors (Lipinski definition) is 4. The Hall–Kier alpha value is -1.13. The molecular weight excluding hydrogens is 176 g/mol. The number of hydrazine groups is 1. The largest absolute Gasteiger partial charge is 0.308 e.